The number of nitrogens with one attached hydrogen (secondary N) is 1. The molecule has 0 aliphatic heterocycles. The smallest absolute Gasteiger partial charge is 0.0587 e. The third-order valence-electron chi connectivity index (χ3n) is 3.45. The monoisotopic (exact) mass is 265 g/mol. The lowest BCUT2D eigenvalue weighted by molar-refractivity contribution is 0.199. The van der Waals surface area contributed by atoms with Crippen molar-refractivity contribution in [1.29, 1.82) is 0 Å². The molecule has 2 nitrogen and oxygen atoms in total. The van der Waals surface area contributed by atoms with Crippen molar-refractivity contribution in [3.63, 3.8) is 0 Å². The molecule has 18 heavy (non-hydrogen) atoms. The van der Waals surface area contributed by atoms with Crippen molar-refractivity contribution < 1.29 is 4.74 Å². The highest BCUT2D eigenvalue weighted by atomic mass is 32.2. The van der Waals surface area contributed by atoms with Gasteiger partial charge in [-0.3, -0.25) is 0 Å². The minimum atomic E-state index is 0.773. The first-order valence-corrected chi connectivity index (χ1v) is 7.78. The number of hydrogen-bond donors (Lipinski definition) is 1. The third-order valence-corrected chi connectivity index (χ3v) is 4.69. The van der Waals surface area contributed by atoms with Gasteiger partial charge in [-0.2, -0.15) is 0 Å². The minimum absolute atomic E-state index is 0.773. The number of benzene rings is 1. The molecule has 0 heterocycles. The van der Waals surface area contributed by atoms with Crippen molar-refractivity contribution in [3.8, 4) is 0 Å². The molecule has 1 aromatic carbocycles. The summed E-state index contributed by atoms with van der Waals surface area (Å²) in [7, 11) is 1.73. The molecule has 2 rings (SSSR count). The Kier molecular flexibility index (Phi) is 6.05. The molecule has 0 radical (unpaired) electrons. The Morgan fingerprint density at radius 3 is 2.67 bits per heavy atom. The number of ether oxygens (including phenoxy) is 1. The summed E-state index contributed by atoms with van der Waals surface area (Å²) >= 11 is 2.00. The van der Waals surface area contributed by atoms with Gasteiger partial charge in [-0.05, 0) is 36.5 Å². The first kappa shape index (κ1) is 13.9. The van der Waals surface area contributed by atoms with Crippen molar-refractivity contribution in [3.05, 3.63) is 29.8 Å². The Labute approximate surface area is 114 Å². The molecule has 1 saturated carbocycles. The van der Waals surface area contributed by atoms with E-state index in [-0.39, 0.29) is 0 Å². The maximum atomic E-state index is 5.00. The Morgan fingerprint density at radius 2 is 2.06 bits per heavy atom. The van der Waals surface area contributed by atoms with E-state index in [9.17, 15) is 0 Å². The summed E-state index contributed by atoms with van der Waals surface area (Å²) in [6.07, 6.45) is 4.32. The van der Waals surface area contributed by atoms with E-state index >= 15 is 0 Å². The van der Waals surface area contributed by atoms with Crippen molar-refractivity contribution >= 4 is 11.8 Å². The number of thioether (sulfide) groups is 1. The number of rotatable bonds is 8. The first-order valence-electron chi connectivity index (χ1n) is 6.80. The third kappa shape index (κ3) is 4.63. The molecule has 3 heteroatoms. The zero-order valence-corrected chi connectivity index (χ0v) is 12.0. The van der Waals surface area contributed by atoms with Crippen LogP contribution in [0.25, 0.3) is 0 Å². The van der Waals surface area contributed by atoms with E-state index in [0.29, 0.717) is 0 Å². The van der Waals surface area contributed by atoms with Crippen molar-refractivity contribution in [2.75, 3.05) is 26.0 Å². The molecule has 1 aliphatic carbocycles. The minimum Gasteiger partial charge on any atom is -0.383 e. The summed E-state index contributed by atoms with van der Waals surface area (Å²) in [6, 6.07) is 8.94. The highest BCUT2D eigenvalue weighted by Crippen LogP contribution is 2.32. The van der Waals surface area contributed by atoms with Crippen LogP contribution < -0.4 is 5.32 Å². The summed E-state index contributed by atoms with van der Waals surface area (Å²) in [5.41, 5.74) is 1.35. The van der Waals surface area contributed by atoms with E-state index in [0.717, 1.165) is 25.6 Å². The van der Waals surface area contributed by atoms with Gasteiger partial charge >= 0.3 is 0 Å². The molecule has 1 N–H and O–H groups in total. The maximum absolute atomic E-state index is 5.00. The van der Waals surface area contributed by atoms with Gasteiger partial charge in [0.2, 0.25) is 0 Å². The van der Waals surface area contributed by atoms with Crippen molar-refractivity contribution in [2.24, 2.45) is 5.92 Å². The molecule has 0 amide bonds. The molecule has 0 bridgehead atoms. The van der Waals surface area contributed by atoms with E-state index in [1.165, 1.54) is 35.5 Å². The molecule has 100 valence electrons. The summed E-state index contributed by atoms with van der Waals surface area (Å²) in [6.45, 7) is 2.61. The SMILES string of the molecule is COCCNCc1ccc(SCC2CCC2)cc1. The van der Waals surface area contributed by atoms with Gasteiger partial charge in [0.15, 0.2) is 0 Å². The van der Waals surface area contributed by atoms with E-state index in [2.05, 4.69) is 29.6 Å². The van der Waals surface area contributed by atoms with Crippen LogP contribution in [-0.2, 0) is 11.3 Å². The second-order valence-corrected chi connectivity index (χ2v) is 6.01. The highest BCUT2D eigenvalue weighted by molar-refractivity contribution is 7.99. The quantitative estimate of drug-likeness (QED) is 0.575. The molecule has 1 aliphatic rings. The number of methoxy groups -OCH3 is 1. The van der Waals surface area contributed by atoms with Crippen LogP contribution >= 0.6 is 11.8 Å². The molecule has 0 unspecified atom stereocenters. The first-order chi connectivity index (χ1) is 8.88. The molecule has 1 aromatic rings. The average Bonchev–Trinajstić information content (AvgIpc) is 2.34. The van der Waals surface area contributed by atoms with E-state index in [1.807, 2.05) is 11.8 Å². The normalized spacial score (nSPS) is 15.6. The van der Waals surface area contributed by atoms with Crippen LogP contribution in [0.5, 0.6) is 0 Å². The van der Waals surface area contributed by atoms with Crippen molar-refractivity contribution in [2.45, 2.75) is 30.7 Å². The fraction of sp³-hybridized carbons (Fsp3) is 0.600. The second kappa shape index (κ2) is 7.82. The molecule has 0 atom stereocenters. The highest BCUT2D eigenvalue weighted by Gasteiger charge is 2.16. The van der Waals surface area contributed by atoms with Gasteiger partial charge in [-0.25, -0.2) is 0 Å². The Bertz CT molecular complexity index is 335. The van der Waals surface area contributed by atoms with Gasteiger partial charge in [-0.15, -0.1) is 11.8 Å². The van der Waals surface area contributed by atoms with Gasteiger partial charge in [0, 0.05) is 30.8 Å². The lowest BCUT2D eigenvalue weighted by Crippen LogP contribution is -2.18. The fourth-order valence-corrected chi connectivity index (χ4v) is 3.07. The van der Waals surface area contributed by atoms with Crippen LogP contribution in [0.2, 0.25) is 0 Å². The van der Waals surface area contributed by atoms with Gasteiger partial charge in [0.05, 0.1) is 6.61 Å². The number of hydrogen-bond acceptors (Lipinski definition) is 3. The Morgan fingerprint density at radius 1 is 1.28 bits per heavy atom. The zero-order valence-electron chi connectivity index (χ0n) is 11.2. The predicted molar refractivity (Wildman–Crippen MR) is 78.1 cm³/mol. The molecule has 1 fully saturated rings. The fourth-order valence-electron chi connectivity index (χ4n) is 1.98. The maximum Gasteiger partial charge on any atom is 0.0587 e. The molecular weight excluding hydrogens is 242 g/mol. The summed E-state index contributed by atoms with van der Waals surface area (Å²) in [4.78, 5) is 1.41. The van der Waals surface area contributed by atoms with Crippen molar-refractivity contribution in [1.82, 2.24) is 5.32 Å². The van der Waals surface area contributed by atoms with Gasteiger partial charge in [0.1, 0.15) is 0 Å². The summed E-state index contributed by atoms with van der Waals surface area (Å²) in [5.74, 6) is 2.27. The summed E-state index contributed by atoms with van der Waals surface area (Å²) in [5, 5.41) is 3.36. The lowest BCUT2D eigenvalue weighted by atomic mass is 9.87. The predicted octanol–water partition coefficient (Wildman–Crippen LogP) is 3.31. The van der Waals surface area contributed by atoms with Crippen LogP contribution in [0.1, 0.15) is 24.8 Å². The van der Waals surface area contributed by atoms with Gasteiger partial charge in [0.25, 0.3) is 0 Å². The molecule has 0 spiro atoms. The topological polar surface area (TPSA) is 21.3 Å². The van der Waals surface area contributed by atoms with E-state index in [1.54, 1.807) is 7.11 Å². The molecular formula is C15H23NOS. The van der Waals surface area contributed by atoms with Crippen LogP contribution in [0, 0.1) is 5.92 Å². The van der Waals surface area contributed by atoms with Gasteiger partial charge in [-0.1, -0.05) is 18.6 Å². The second-order valence-electron chi connectivity index (χ2n) is 4.92. The van der Waals surface area contributed by atoms with E-state index < -0.39 is 0 Å². The average molecular weight is 265 g/mol. The van der Waals surface area contributed by atoms with Crippen LogP contribution in [0.15, 0.2) is 29.2 Å². The lowest BCUT2D eigenvalue weighted by Gasteiger charge is -2.24. The van der Waals surface area contributed by atoms with Crippen LogP contribution in [-0.4, -0.2) is 26.0 Å². The largest absolute Gasteiger partial charge is 0.383 e. The standard InChI is InChI=1S/C15H23NOS/c1-17-10-9-16-11-13-5-7-15(8-6-13)18-12-14-3-2-4-14/h5-8,14,16H,2-4,9-12H2,1H3. The van der Waals surface area contributed by atoms with Crippen LogP contribution in [0.4, 0.5) is 0 Å². The molecule has 0 aromatic heterocycles. The zero-order chi connectivity index (χ0) is 12.6. The van der Waals surface area contributed by atoms with Gasteiger partial charge < -0.3 is 10.1 Å². The van der Waals surface area contributed by atoms with E-state index in [4.69, 9.17) is 4.74 Å². The van der Waals surface area contributed by atoms with Crippen LogP contribution in [0.3, 0.4) is 0 Å². The molecule has 0 saturated heterocycles. The Balaban J connectivity index is 1.67. The Hall–Kier alpha value is -0.510. The summed E-state index contributed by atoms with van der Waals surface area (Å²) < 4.78 is 5.00.